The molecule has 0 atom stereocenters. The first kappa shape index (κ1) is 15.2. The van der Waals surface area contributed by atoms with E-state index in [-0.39, 0.29) is 5.41 Å². The van der Waals surface area contributed by atoms with Crippen molar-refractivity contribution in [1.82, 2.24) is 0 Å². The molecule has 3 heteroatoms. The van der Waals surface area contributed by atoms with E-state index in [0.717, 1.165) is 5.76 Å². The zero-order valence-corrected chi connectivity index (χ0v) is 13.6. The van der Waals surface area contributed by atoms with Gasteiger partial charge in [0.2, 0.25) is 8.32 Å². The molecule has 0 fully saturated rings. The van der Waals surface area contributed by atoms with E-state index in [1.54, 1.807) is 0 Å². The fourth-order valence-corrected chi connectivity index (χ4v) is 5.26. The predicted octanol–water partition coefficient (Wildman–Crippen LogP) is 5.29. The summed E-state index contributed by atoms with van der Waals surface area (Å²) in [5.74, 6) is 1.10. The predicted molar refractivity (Wildman–Crippen MR) is 74.7 cm³/mol. The van der Waals surface area contributed by atoms with E-state index in [2.05, 4.69) is 57.5 Å². The lowest BCUT2D eigenvalue weighted by atomic mass is 9.95. The summed E-state index contributed by atoms with van der Waals surface area (Å²) in [5, 5.41) is 0. The monoisotopic (exact) mass is 292 g/mol. The van der Waals surface area contributed by atoms with Gasteiger partial charge in [-0.2, -0.15) is 0 Å². The van der Waals surface area contributed by atoms with E-state index in [1.165, 1.54) is 18.1 Å². The maximum atomic E-state index is 6.35. The second kappa shape index (κ2) is 6.09. The van der Waals surface area contributed by atoms with Gasteiger partial charge in [-0.1, -0.05) is 57.5 Å². The molecule has 15 heavy (non-hydrogen) atoms. The molecule has 0 unspecified atom stereocenters. The van der Waals surface area contributed by atoms with Crippen LogP contribution in [0.25, 0.3) is 0 Å². The van der Waals surface area contributed by atoms with Gasteiger partial charge >= 0.3 is 0 Å². The zero-order chi connectivity index (χ0) is 12.1. The second-order valence-corrected chi connectivity index (χ2v) is 10.2. The van der Waals surface area contributed by atoms with Crippen molar-refractivity contribution in [3.63, 3.8) is 0 Å². The van der Waals surface area contributed by atoms with Crippen LogP contribution >= 0.6 is 15.9 Å². The fourth-order valence-electron chi connectivity index (χ4n) is 1.54. The van der Waals surface area contributed by atoms with Crippen molar-refractivity contribution in [3.8, 4) is 0 Å². The van der Waals surface area contributed by atoms with Crippen molar-refractivity contribution in [3.05, 3.63) is 10.7 Å². The Kier molecular flexibility index (Phi) is 6.19. The summed E-state index contributed by atoms with van der Waals surface area (Å²) in [7, 11) is -1.51. The number of rotatable bonds is 5. The largest absolute Gasteiger partial charge is 0.546 e. The minimum Gasteiger partial charge on any atom is -0.546 e. The Morgan fingerprint density at radius 3 is 1.73 bits per heavy atom. The molecular weight excluding hydrogens is 268 g/mol. The molecule has 0 aliphatic heterocycles. The minimum atomic E-state index is -1.51. The third-order valence-corrected chi connectivity index (χ3v) is 8.03. The van der Waals surface area contributed by atoms with Crippen molar-refractivity contribution in [2.45, 2.75) is 59.7 Å². The molecule has 0 spiro atoms. The highest BCUT2D eigenvalue weighted by molar-refractivity contribution is 9.11. The van der Waals surface area contributed by atoms with Crippen molar-refractivity contribution in [2.24, 2.45) is 5.41 Å². The van der Waals surface area contributed by atoms with Gasteiger partial charge in [-0.15, -0.1) is 0 Å². The van der Waals surface area contributed by atoms with Crippen LogP contribution in [0.2, 0.25) is 18.1 Å². The van der Waals surface area contributed by atoms with E-state index in [1.807, 2.05) is 4.99 Å². The molecule has 0 rings (SSSR count). The molecule has 90 valence electrons. The number of hydrogen-bond acceptors (Lipinski definition) is 1. The summed E-state index contributed by atoms with van der Waals surface area (Å²) in [4.78, 5) is 1.95. The lowest BCUT2D eigenvalue weighted by Gasteiger charge is -2.35. The molecule has 0 amide bonds. The van der Waals surface area contributed by atoms with Crippen LogP contribution in [-0.4, -0.2) is 8.32 Å². The summed E-state index contributed by atoms with van der Waals surface area (Å²) in [6.07, 6.45) is 0. The quantitative estimate of drug-likeness (QED) is 0.494. The second-order valence-electron chi connectivity index (χ2n) is 5.07. The van der Waals surface area contributed by atoms with Crippen LogP contribution in [0.3, 0.4) is 0 Å². The van der Waals surface area contributed by atoms with Crippen LogP contribution in [0.5, 0.6) is 0 Å². The molecule has 0 saturated carbocycles. The lowest BCUT2D eigenvalue weighted by Crippen LogP contribution is -2.37. The number of allylic oxidation sites excluding steroid dienone is 1. The Bertz CT molecular complexity index is 206. The molecule has 0 N–H and O–H groups in total. The van der Waals surface area contributed by atoms with Crippen LogP contribution in [-0.2, 0) is 4.43 Å². The van der Waals surface area contributed by atoms with Crippen LogP contribution in [0.1, 0.15) is 41.5 Å². The molecule has 0 bridgehead atoms. The molecular formula is C12H25BrOSi. The molecule has 0 saturated heterocycles. The summed E-state index contributed by atoms with van der Waals surface area (Å²) in [6, 6.07) is 3.58. The van der Waals surface area contributed by atoms with E-state index >= 15 is 0 Å². The molecule has 0 radical (unpaired) electrons. The summed E-state index contributed by atoms with van der Waals surface area (Å²) < 4.78 is 6.35. The third-order valence-electron chi connectivity index (χ3n) is 3.10. The first-order valence-electron chi connectivity index (χ1n) is 5.85. The van der Waals surface area contributed by atoms with Crippen molar-refractivity contribution in [2.75, 3.05) is 0 Å². The van der Waals surface area contributed by atoms with Gasteiger partial charge in [0.1, 0.15) is 0 Å². The first-order valence-corrected chi connectivity index (χ1v) is 9.29. The van der Waals surface area contributed by atoms with Gasteiger partial charge in [0.15, 0.2) is 0 Å². The Morgan fingerprint density at radius 2 is 1.53 bits per heavy atom. The van der Waals surface area contributed by atoms with Crippen LogP contribution < -0.4 is 0 Å². The van der Waals surface area contributed by atoms with Crippen LogP contribution in [0.15, 0.2) is 10.7 Å². The molecule has 0 aliphatic rings. The Hall–Kier alpha value is 0.237. The SMILES string of the molecule is CC[Si](CC)(CC)O/C(=C/Br)C(C)(C)C. The van der Waals surface area contributed by atoms with Gasteiger partial charge in [-0.25, -0.2) is 0 Å². The molecule has 1 nitrogen and oxygen atoms in total. The standard InChI is InChI=1S/C12H25BrOSi/c1-7-15(8-2,9-3)14-11(10-13)12(4,5)6/h10H,7-9H2,1-6H3/b11-10+. The summed E-state index contributed by atoms with van der Waals surface area (Å²) >= 11 is 3.43. The van der Waals surface area contributed by atoms with Gasteiger partial charge in [0.05, 0.1) is 5.76 Å². The van der Waals surface area contributed by atoms with Crippen molar-refractivity contribution in [1.29, 1.82) is 0 Å². The van der Waals surface area contributed by atoms with E-state index in [4.69, 9.17) is 4.43 Å². The smallest absolute Gasteiger partial charge is 0.250 e. The minimum absolute atomic E-state index is 0.0985. The van der Waals surface area contributed by atoms with E-state index in [9.17, 15) is 0 Å². The topological polar surface area (TPSA) is 9.23 Å². The van der Waals surface area contributed by atoms with Crippen LogP contribution in [0.4, 0.5) is 0 Å². The number of halogens is 1. The average molecular weight is 293 g/mol. The Balaban J connectivity index is 4.81. The van der Waals surface area contributed by atoms with Crippen molar-refractivity contribution < 1.29 is 4.43 Å². The van der Waals surface area contributed by atoms with Gasteiger partial charge in [0, 0.05) is 10.4 Å². The zero-order valence-electron chi connectivity index (χ0n) is 11.0. The third kappa shape index (κ3) is 4.31. The molecule has 0 aromatic carbocycles. The van der Waals surface area contributed by atoms with Gasteiger partial charge < -0.3 is 4.43 Å². The Labute approximate surface area is 105 Å². The molecule has 0 aliphatic carbocycles. The number of hydrogen-bond donors (Lipinski definition) is 0. The van der Waals surface area contributed by atoms with E-state index < -0.39 is 8.32 Å². The van der Waals surface area contributed by atoms with Gasteiger partial charge in [-0.3, -0.25) is 0 Å². The summed E-state index contributed by atoms with van der Waals surface area (Å²) in [5.41, 5.74) is 0.0985. The lowest BCUT2D eigenvalue weighted by molar-refractivity contribution is 0.283. The Morgan fingerprint density at radius 1 is 1.13 bits per heavy atom. The highest BCUT2D eigenvalue weighted by Crippen LogP contribution is 2.34. The first-order chi connectivity index (χ1) is 6.85. The fraction of sp³-hybridized carbons (Fsp3) is 0.833. The van der Waals surface area contributed by atoms with Crippen LogP contribution in [0, 0.1) is 5.41 Å². The highest BCUT2D eigenvalue weighted by atomic mass is 79.9. The van der Waals surface area contributed by atoms with Crippen molar-refractivity contribution >= 4 is 24.2 Å². The van der Waals surface area contributed by atoms with E-state index in [0.29, 0.717) is 0 Å². The maximum absolute atomic E-state index is 6.35. The maximum Gasteiger partial charge on any atom is 0.250 e. The molecule has 0 aromatic heterocycles. The summed E-state index contributed by atoms with van der Waals surface area (Å²) in [6.45, 7) is 13.4. The average Bonchev–Trinajstić information content (AvgIpc) is 2.19. The van der Waals surface area contributed by atoms with Gasteiger partial charge in [-0.05, 0) is 18.1 Å². The highest BCUT2D eigenvalue weighted by Gasteiger charge is 2.34. The normalized spacial score (nSPS) is 14.2. The molecule has 0 aromatic rings. The molecule has 0 heterocycles. The van der Waals surface area contributed by atoms with Gasteiger partial charge in [0.25, 0.3) is 0 Å².